The van der Waals surface area contributed by atoms with Crippen LogP contribution in [0.1, 0.15) is 5.56 Å². The lowest BCUT2D eigenvalue weighted by molar-refractivity contribution is -0.152. The number of carboxylic acids is 1. The van der Waals surface area contributed by atoms with E-state index in [1.165, 1.54) is 12.2 Å². The van der Waals surface area contributed by atoms with Crippen molar-refractivity contribution in [3.05, 3.63) is 66.3 Å². The molecule has 0 aromatic heterocycles. The molecule has 0 radical (unpaired) electrons. The first-order valence-electron chi connectivity index (χ1n) is 5.59. The fraction of sp³-hybridized carbons (Fsp3) is 0. The highest BCUT2D eigenvalue weighted by molar-refractivity contribution is 6.02. The first-order chi connectivity index (χ1) is 9.52. The number of carboxylic acid groups (broad SMARTS) is 1. The van der Waals surface area contributed by atoms with Gasteiger partial charge in [0.05, 0.1) is 5.57 Å². The first-order valence-corrected chi connectivity index (χ1v) is 5.59. The third-order valence-electron chi connectivity index (χ3n) is 2.14. The molecule has 0 fully saturated rings. The van der Waals surface area contributed by atoms with Crippen molar-refractivity contribution in [3.63, 3.8) is 0 Å². The fourth-order valence-electron chi connectivity index (χ4n) is 1.23. The largest absolute Gasteiger partial charge is 0.478 e. The maximum absolute atomic E-state index is 11.3. The number of rotatable bonds is 5. The summed E-state index contributed by atoms with van der Waals surface area (Å²) >= 11 is 0. The number of ether oxygens (including phenoxy) is 1. The van der Waals surface area contributed by atoms with Crippen LogP contribution in [0.3, 0.4) is 0 Å². The third kappa shape index (κ3) is 5.14. The number of hydrogen-bond acceptors (Lipinski definition) is 4. The van der Waals surface area contributed by atoms with Gasteiger partial charge in [0.2, 0.25) is 0 Å². The van der Waals surface area contributed by atoms with E-state index in [9.17, 15) is 14.4 Å². The highest BCUT2D eigenvalue weighted by Crippen LogP contribution is 2.06. The van der Waals surface area contributed by atoms with E-state index in [0.29, 0.717) is 0 Å². The molecule has 0 spiro atoms. The maximum atomic E-state index is 11.3. The molecule has 0 unspecified atom stereocenters. The first kappa shape index (κ1) is 15.1. The van der Waals surface area contributed by atoms with Gasteiger partial charge in [-0.2, -0.15) is 0 Å². The Balaban J connectivity index is 2.87. The van der Waals surface area contributed by atoms with Crippen molar-refractivity contribution in [2.45, 2.75) is 0 Å². The molecule has 1 N–H and O–H groups in total. The highest BCUT2D eigenvalue weighted by atomic mass is 16.6. The zero-order valence-electron chi connectivity index (χ0n) is 10.5. The second-order valence-electron chi connectivity index (χ2n) is 3.59. The van der Waals surface area contributed by atoms with Crippen LogP contribution in [0.5, 0.6) is 0 Å². The Hall–Kier alpha value is -2.95. The zero-order chi connectivity index (χ0) is 15.0. The van der Waals surface area contributed by atoms with Gasteiger partial charge >= 0.3 is 17.9 Å². The summed E-state index contributed by atoms with van der Waals surface area (Å²) in [5.74, 6) is -3.31. The second kappa shape index (κ2) is 7.48. The number of benzene rings is 1. The van der Waals surface area contributed by atoms with Gasteiger partial charge in [-0.05, 0) is 11.6 Å². The molecule has 0 heterocycles. The minimum absolute atomic E-state index is 0.296. The molecular weight excluding hydrogens is 260 g/mol. The molecule has 0 saturated carbocycles. The lowest BCUT2D eigenvalue weighted by Crippen LogP contribution is -2.09. The molecule has 0 atom stereocenters. The minimum atomic E-state index is -1.31. The SMILES string of the molecule is C=CC(=O)OC(=O)/C=C(/C=C/c1ccccc1)C(=O)O. The van der Waals surface area contributed by atoms with E-state index in [1.54, 1.807) is 24.3 Å². The van der Waals surface area contributed by atoms with Crippen molar-refractivity contribution in [2.75, 3.05) is 0 Å². The smallest absolute Gasteiger partial charge is 0.339 e. The van der Waals surface area contributed by atoms with E-state index in [2.05, 4.69) is 11.3 Å². The van der Waals surface area contributed by atoms with Gasteiger partial charge in [0.15, 0.2) is 0 Å². The van der Waals surface area contributed by atoms with Crippen LogP contribution in [0.15, 0.2) is 60.7 Å². The Morgan fingerprint density at radius 1 is 1.10 bits per heavy atom. The Morgan fingerprint density at radius 2 is 1.75 bits per heavy atom. The Morgan fingerprint density at radius 3 is 2.30 bits per heavy atom. The van der Waals surface area contributed by atoms with Crippen LogP contribution in [0.4, 0.5) is 0 Å². The topological polar surface area (TPSA) is 80.7 Å². The fourth-order valence-corrected chi connectivity index (χ4v) is 1.23. The van der Waals surface area contributed by atoms with Gasteiger partial charge in [-0.25, -0.2) is 14.4 Å². The van der Waals surface area contributed by atoms with Crippen LogP contribution < -0.4 is 0 Å². The van der Waals surface area contributed by atoms with Crippen LogP contribution in [0.25, 0.3) is 6.08 Å². The summed E-state index contributed by atoms with van der Waals surface area (Å²) in [7, 11) is 0. The van der Waals surface area contributed by atoms with Crippen molar-refractivity contribution in [1.82, 2.24) is 0 Å². The summed E-state index contributed by atoms with van der Waals surface area (Å²) in [6, 6.07) is 8.95. The molecule has 20 heavy (non-hydrogen) atoms. The predicted octanol–water partition coefficient (Wildman–Crippen LogP) is 1.97. The highest BCUT2D eigenvalue weighted by Gasteiger charge is 2.09. The van der Waals surface area contributed by atoms with Gasteiger partial charge in [0, 0.05) is 12.2 Å². The summed E-state index contributed by atoms with van der Waals surface area (Å²) < 4.78 is 4.26. The Kier molecular flexibility index (Phi) is 5.65. The maximum Gasteiger partial charge on any atom is 0.339 e. The van der Waals surface area contributed by atoms with Crippen molar-refractivity contribution < 1.29 is 24.2 Å². The molecule has 1 rings (SSSR count). The normalized spacial score (nSPS) is 11.1. The average molecular weight is 272 g/mol. The van der Waals surface area contributed by atoms with Crippen molar-refractivity contribution in [3.8, 4) is 0 Å². The number of aliphatic carboxylic acids is 1. The number of carbonyl (C=O) groups is 3. The molecule has 5 nitrogen and oxygen atoms in total. The second-order valence-corrected chi connectivity index (χ2v) is 3.59. The van der Waals surface area contributed by atoms with Crippen molar-refractivity contribution >= 4 is 24.0 Å². The van der Waals surface area contributed by atoms with Gasteiger partial charge in [0.25, 0.3) is 0 Å². The van der Waals surface area contributed by atoms with Crippen LogP contribution in [-0.2, 0) is 19.1 Å². The summed E-state index contributed by atoms with van der Waals surface area (Å²) in [6.45, 7) is 3.13. The standard InChI is InChI=1S/C15H12O5/c1-2-13(16)20-14(17)10-12(15(18)19)9-8-11-6-4-3-5-7-11/h2-10H,1H2,(H,18,19)/b9-8+,12-10-. The molecule has 0 aliphatic carbocycles. The van der Waals surface area contributed by atoms with Crippen molar-refractivity contribution in [2.24, 2.45) is 0 Å². The number of carbonyl (C=O) groups excluding carboxylic acids is 2. The molecule has 0 amide bonds. The number of hydrogen-bond donors (Lipinski definition) is 1. The van der Waals surface area contributed by atoms with Crippen molar-refractivity contribution in [1.29, 1.82) is 0 Å². The van der Waals surface area contributed by atoms with E-state index in [4.69, 9.17) is 5.11 Å². The van der Waals surface area contributed by atoms with Crippen LogP contribution in [-0.4, -0.2) is 23.0 Å². The molecule has 1 aromatic rings. The molecule has 102 valence electrons. The molecular formula is C15H12O5. The van der Waals surface area contributed by atoms with E-state index in [1.807, 2.05) is 6.07 Å². The quantitative estimate of drug-likeness (QED) is 0.383. The van der Waals surface area contributed by atoms with Gasteiger partial charge in [0.1, 0.15) is 0 Å². The minimum Gasteiger partial charge on any atom is -0.478 e. The summed E-state index contributed by atoms with van der Waals surface area (Å²) in [5.41, 5.74) is 0.478. The van der Waals surface area contributed by atoms with Crippen LogP contribution in [0.2, 0.25) is 0 Å². The van der Waals surface area contributed by atoms with Crippen LogP contribution >= 0.6 is 0 Å². The Bertz CT molecular complexity index is 582. The van der Waals surface area contributed by atoms with E-state index < -0.39 is 17.9 Å². The molecule has 0 aliphatic rings. The van der Waals surface area contributed by atoms with E-state index in [-0.39, 0.29) is 5.57 Å². The van der Waals surface area contributed by atoms with Gasteiger partial charge < -0.3 is 9.84 Å². The molecule has 1 aromatic carbocycles. The molecule has 0 aliphatic heterocycles. The zero-order valence-corrected chi connectivity index (χ0v) is 10.5. The predicted molar refractivity (Wildman–Crippen MR) is 72.5 cm³/mol. The van der Waals surface area contributed by atoms with Gasteiger partial charge in [-0.3, -0.25) is 0 Å². The summed E-state index contributed by atoms with van der Waals surface area (Å²) in [6.07, 6.45) is 4.31. The molecule has 5 heteroatoms. The average Bonchev–Trinajstić information content (AvgIpc) is 2.44. The summed E-state index contributed by atoms with van der Waals surface area (Å²) in [4.78, 5) is 33.1. The lowest BCUT2D eigenvalue weighted by atomic mass is 10.1. The van der Waals surface area contributed by atoms with Gasteiger partial charge in [-0.1, -0.05) is 43.0 Å². The molecule has 0 saturated heterocycles. The lowest BCUT2D eigenvalue weighted by Gasteiger charge is -1.97. The van der Waals surface area contributed by atoms with E-state index in [0.717, 1.165) is 17.7 Å². The molecule has 0 bridgehead atoms. The van der Waals surface area contributed by atoms with E-state index >= 15 is 0 Å². The Labute approximate surface area is 115 Å². The summed E-state index contributed by atoms with van der Waals surface area (Å²) in [5, 5.41) is 8.96. The third-order valence-corrected chi connectivity index (χ3v) is 2.14. The van der Waals surface area contributed by atoms with Gasteiger partial charge in [-0.15, -0.1) is 0 Å². The monoisotopic (exact) mass is 272 g/mol. The number of esters is 2. The van der Waals surface area contributed by atoms with Crippen LogP contribution in [0, 0.1) is 0 Å².